The van der Waals surface area contributed by atoms with Crippen LogP contribution in [0.5, 0.6) is 11.5 Å². The van der Waals surface area contributed by atoms with Crippen LogP contribution in [0, 0.1) is 18.8 Å². The maximum Gasteiger partial charge on any atom is 0.135 e. The molecule has 6 heteroatoms. The minimum Gasteiger partial charge on any atom is -0.509 e. The normalized spacial score (nSPS) is 13.7. The Morgan fingerprint density at radius 2 is 0.965 bits per heavy atom. The van der Waals surface area contributed by atoms with Crippen molar-refractivity contribution in [3.05, 3.63) is 297 Å². The maximum atomic E-state index is 10.4. The molecule has 13 aromatic rings. The van der Waals surface area contributed by atoms with Gasteiger partial charge in [-0.05, 0) is 132 Å². The third-order valence-electron chi connectivity index (χ3n) is 15.6. The smallest absolute Gasteiger partial charge is 0.135 e. The van der Waals surface area contributed by atoms with Crippen LogP contribution in [0.25, 0.3) is 94.4 Å². The van der Waals surface area contributed by atoms with E-state index in [0.717, 1.165) is 44.8 Å². The molecule has 2 aromatic heterocycles. The average molecular weight is 1300 g/mol. The Bertz CT molecular complexity index is 4960. The van der Waals surface area contributed by atoms with Gasteiger partial charge in [0, 0.05) is 72.5 Å². The maximum absolute atomic E-state index is 10.4. The zero-order valence-corrected chi connectivity index (χ0v) is 50.6. The fraction of sp³-hybridized carbons (Fsp3) is 0.100. The van der Waals surface area contributed by atoms with Gasteiger partial charge in [-0.2, -0.15) is 6.07 Å². The predicted octanol–water partition coefficient (Wildman–Crippen LogP) is 21.6. The van der Waals surface area contributed by atoms with Gasteiger partial charge in [-0.1, -0.05) is 229 Å². The SMILES string of the molecule is [2H]c1c(-c2ccccc2)c([2H])c(-c2ccccc2)c(-c2cc(Oc3[c-]c4c(cc3)c3c([2H])c([2H])c([2H])c([2H])c3n4-c3cc(C(C)(C)C)ccn3)[c-]c(N3[CH-]N(c4c(-c5ccccc5)c([2H])c(C(C)(C)C)c([2H])c4-c4ccccc4)c4ccccc43)c2)c1-c1ccccc1.[Pt]. The summed E-state index contributed by atoms with van der Waals surface area (Å²) in [5, 5.41) is 0.836. The summed E-state index contributed by atoms with van der Waals surface area (Å²) in [6.45, 7) is 14.5. The topological polar surface area (TPSA) is 33.5 Å². The zero-order chi connectivity index (χ0) is 64.8. The Morgan fingerprint density at radius 1 is 0.453 bits per heavy atom. The molecule has 1 aliphatic rings. The quantitative estimate of drug-likeness (QED) is 0.121. The van der Waals surface area contributed by atoms with E-state index >= 15 is 0 Å². The summed E-state index contributed by atoms with van der Waals surface area (Å²) < 4.78 is 86.5. The van der Waals surface area contributed by atoms with Gasteiger partial charge in [0.2, 0.25) is 0 Å². The van der Waals surface area contributed by atoms with Crippen LogP contribution in [-0.4, -0.2) is 9.55 Å². The van der Waals surface area contributed by atoms with Crippen LogP contribution < -0.4 is 14.5 Å². The molecule has 86 heavy (non-hydrogen) atoms. The standard InChI is InChI=1S/C80H63N4O.Pt/c1-79(2,3)61-42-43-81-76(50-61)84-72-37-23-22-36-66(72)67-41-40-64(52-75(67)84)85-65-45-60(77-68(55-28-14-8-15-29-55)46-59(54-26-12-7-13-27-54)47-69(77)56-30-16-9-17-31-56)44-63(51-65)82-53-83(74-39-25-24-38-73(74)82)78-70(57-32-18-10-19-33-57)48-62(80(4,5)6)49-71(78)58-34-20-11-21-35-58;/h7-50,53H,1-6H3;/q-3;/i22D,23D,36D,37D,46D,47D,48D,49D;. The molecular weight excluding hydrogens is 1230 g/mol. The Hall–Kier alpha value is -9.54. The molecule has 1 aliphatic heterocycles. The summed E-state index contributed by atoms with van der Waals surface area (Å²) in [5.41, 5.74) is 12.1. The van der Waals surface area contributed by atoms with Crippen molar-refractivity contribution >= 4 is 44.6 Å². The van der Waals surface area contributed by atoms with Gasteiger partial charge in [-0.3, -0.25) is 0 Å². The molecule has 0 amide bonds. The number of pyridine rings is 1. The van der Waals surface area contributed by atoms with Gasteiger partial charge in [0.25, 0.3) is 0 Å². The van der Waals surface area contributed by atoms with E-state index in [1.54, 1.807) is 22.9 Å². The fourth-order valence-electron chi connectivity index (χ4n) is 11.4. The number of hydrogen-bond donors (Lipinski definition) is 0. The Kier molecular flexibility index (Phi) is 12.4. The number of rotatable bonds is 11. The number of para-hydroxylation sites is 3. The number of anilines is 4. The van der Waals surface area contributed by atoms with E-state index in [1.807, 2.05) is 212 Å². The van der Waals surface area contributed by atoms with Crippen molar-refractivity contribution in [2.75, 3.05) is 9.80 Å². The minimum atomic E-state index is -0.586. The molecule has 0 unspecified atom stereocenters. The van der Waals surface area contributed by atoms with Gasteiger partial charge in [-0.15, -0.1) is 53.6 Å². The molecule has 0 radical (unpaired) electrons. The van der Waals surface area contributed by atoms with Crippen LogP contribution in [0.1, 0.15) is 63.6 Å². The number of fused-ring (bicyclic) bond motifs is 4. The van der Waals surface area contributed by atoms with Crippen molar-refractivity contribution in [3.8, 4) is 84.1 Å². The molecule has 14 rings (SSSR count). The molecular formula is C80H63N4OPt-3. The van der Waals surface area contributed by atoms with Crippen LogP contribution in [-0.2, 0) is 31.9 Å². The van der Waals surface area contributed by atoms with Crippen molar-refractivity contribution in [2.45, 2.75) is 52.4 Å². The van der Waals surface area contributed by atoms with E-state index in [4.69, 9.17) is 12.5 Å². The van der Waals surface area contributed by atoms with E-state index in [9.17, 15) is 8.22 Å². The summed E-state index contributed by atoms with van der Waals surface area (Å²) in [4.78, 5) is 8.95. The van der Waals surface area contributed by atoms with Crippen LogP contribution in [0.2, 0.25) is 0 Å². The number of nitrogens with zero attached hydrogens (tertiary/aromatic N) is 4. The van der Waals surface area contributed by atoms with Crippen molar-refractivity contribution < 1.29 is 36.8 Å². The second-order valence-corrected chi connectivity index (χ2v) is 23.4. The summed E-state index contributed by atoms with van der Waals surface area (Å²) >= 11 is 0. The molecule has 0 saturated heterocycles. The fourth-order valence-corrected chi connectivity index (χ4v) is 11.4. The third kappa shape index (κ3) is 10.5. The first-order chi connectivity index (χ1) is 44.8. The first-order valence-corrected chi connectivity index (χ1v) is 28.6. The Morgan fingerprint density at radius 3 is 1.52 bits per heavy atom. The second-order valence-electron chi connectivity index (χ2n) is 23.4. The van der Waals surface area contributed by atoms with Crippen LogP contribution in [0.3, 0.4) is 0 Å². The minimum absolute atomic E-state index is 0. The average Bonchev–Trinajstić information content (AvgIpc) is 1.27. The molecule has 3 heterocycles. The molecule has 0 aliphatic carbocycles. The van der Waals surface area contributed by atoms with Gasteiger partial charge in [-0.25, -0.2) is 4.98 Å². The molecule has 0 N–H and O–H groups in total. The number of hydrogen-bond acceptors (Lipinski definition) is 4. The first-order valence-electron chi connectivity index (χ1n) is 32.6. The Balaban J connectivity index is 0.00000803. The predicted molar refractivity (Wildman–Crippen MR) is 354 cm³/mol. The first kappa shape index (κ1) is 46.8. The molecule has 0 saturated carbocycles. The van der Waals surface area contributed by atoms with Crippen LogP contribution in [0.4, 0.5) is 22.7 Å². The van der Waals surface area contributed by atoms with Crippen molar-refractivity contribution in [2.24, 2.45) is 0 Å². The molecule has 0 spiro atoms. The van der Waals surface area contributed by atoms with Gasteiger partial charge in [0.05, 0.1) is 11.0 Å². The van der Waals surface area contributed by atoms with E-state index in [0.29, 0.717) is 78.0 Å². The van der Waals surface area contributed by atoms with Crippen molar-refractivity contribution in [1.82, 2.24) is 9.55 Å². The van der Waals surface area contributed by atoms with Crippen LogP contribution in [0.15, 0.2) is 267 Å². The van der Waals surface area contributed by atoms with Crippen LogP contribution >= 0.6 is 0 Å². The number of benzene rings is 11. The number of ether oxygens (including phenoxy) is 1. The van der Waals surface area contributed by atoms with Gasteiger partial charge < -0.3 is 19.1 Å². The molecule has 0 fully saturated rings. The van der Waals surface area contributed by atoms with Crippen molar-refractivity contribution in [3.63, 3.8) is 0 Å². The van der Waals surface area contributed by atoms with E-state index in [1.165, 1.54) is 0 Å². The van der Waals surface area contributed by atoms with Gasteiger partial charge in [0.15, 0.2) is 0 Å². The van der Waals surface area contributed by atoms with E-state index in [-0.39, 0.29) is 91.8 Å². The second kappa shape index (κ2) is 22.8. The van der Waals surface area contributed by atoms with E-state index < -0.39 is 5.41 Å². The van der Waals surface area contributed by atoms with Gasteiger partial charge in [0.1, 0.15) is 5.82 Å². The van der Waals surface area contributed by atoms with Crippen molar-refractivity contribution in [1.29, 1.82) is 0 Å². The van der Waals surface area contributed by atoms with Gasteiger partial charge >= 0.3 is 0 Å². The van der Waals surface area contributed by atoms with E-state index in [2.05, 4.69) is 58.6 Å². The zero-order valence-electron chi connectivity index (χ0n) is 56.4. The number of aromatic nitrogens is 2. The molecule has 5 nitrogen and oxygen atoms in total. The largest absolute Gasteiger partial charge is 0.509 e. The summed E-state index contributed by atoms with van der Waals surface area (Å²) in [6, 6.07) is 75.5. The monoisotopic (exact) mass is 1300 g/mol. The molecule has 422 valence electrons. The third-order valence-corrected chi connectivity index (χ3v) is 15.6. The Labute approximate surface area is 531 Å². The molecule has 0 bridgehead atoms. The summed E-state index contributed by atoms with van der Waals surface area (Å²) in [5.74, 6) is 0.910. The molecule has 11 aromatic carbocycles. The summed E-state index contributed by atoms with van der Waals surface area (Å²) in [7, 11) is 0. The molecule has 0 atom stereocenters. The summed E-state index contributed by atoms with van der Waals surface area (Å²) in [6.07, 6.45) is 1.71.